The molecule has 3 aromatic rings. The Hall–Kier alpha value is -3.22. The third-order valence-corrected chi connectivity index (χ3v) is 3.81. The Morgan fingerprint density at radius 1 is 1.12 bits per heavy atom. The van der Waals surface area contributed by atoms with Crippen LogP contribution in [0.2, 0.25) is 0 Å². The zero-order valence-electron chi connectivity index (χ0n) is 13.0. The van der Waals surface area contributed by atoms with Crippen LogP contribution in [0.15, 0.2) is 54.9 Å². The number of anilines is 2. The Balaban J connectivity index is 1.84. The fourth-order valence-electron chi connectivity index (χ4n) is 2.45. The molecule has 0 spiro atoms. The molecule has 0 bridgehead atoms. The molecule has 0 aliphatic carbocycles. The third-order valence-electron chi connectivity index (χ3n) is 3.81. The highest BCUT2D eigenvalue weighted by Crippen LogP contribution is 2.30. The number of alkyl halides is 3. The Kier molecular flexibility index (Phi) is 4.22. The number of benzene rings is 2. The van der Waals surface area contributed by atoms with Gasteiger partial charge in [0.1, 0.15) is 0 Å². The summed E-state index contributed by atoms with van der Waals surface area (Å²) in [6.07, 6.45) is 0.0732. The van der Waals surface area contributed by atoms with Crippen molar-refractivity contribution in [3.63, 3.8) is 0 Å². The summed E-state index contributed by atoms with van der Waals surface area (Å²) in [6.45, 7) is 0. The number of hydrogen-bond acceptors (Lipinski definition) is 3. The molecule has 4 nitrogen and oxygen atoms in total. The first kappa shape index (κ1) is 16.6. The van der Waals surface area contributed by atoms with E-state index in [9.17, 15) is 13.2 Å². The number of halogens is 3. The molecule has 0 amide bonds. The van der Waals surface area contributed by atoms with E-state index in [4.69, 9.17) is 11.1 Å². The molecule has 0 fully saturated rings. The van der Waals surface area contributed by atoms with E-state index in [0.717, 1.165) is 28.6 Å². The second-order valence-electron chi connectivity index (χ2n) is 5.47. The van der Waals surface area contributed by atoms with Crippen molar-refractivity contribution in [1.82, 2.24) is 4.98 Å². The van der Waals surface area contributed by atoms with E-state index in [1.807, 2.05) is 18.2 Å². The van der Waals surface area contributed by atoms with Gasteiger partial charge in [0.05, 0.1) is 11.3 Å². The maximum Gasteiger partial charge on any atom is 0.416 e. The van der Waals surface area contributed by atoms with E-state index in [1.54, 1.807) is 12.4 Å². The van der Waals surface area contributed by atoms with E-state index in [2.05, 4.69) is 10.3 Å². The number of aromatic nitrogens is 1. The molecule has 128 valence electrons. The molecular formula is C18H15F3N4. The van der Waals surface area contributed by atoms with Crippen LogP contribution >= 0.6 is 0 Å². The van der Waals surface area contributed by atoms with Gasteiger partial charge in [-0.3, -0.25) is 0 Å². The fourth-order valence-corrected chi connectivity index (χ4v) is 2.45. The van der Waals surface area contributed by atoms with Gasteiger partial charge in [0.2, 0.25) is 0 Å². The van der Waals surface area contributed by atoms with Crippen LogP contribution < -0.4 is 11.1 Å². The predicted octanol–water partition coefficient (Wildman–Crippen LogP) is 4.87. The van der Waals surface area contributed by atoms with Crippen LogP contribution in [0.25, 0.3) is 16.5 Å². The first-order valence-corrected chi connectivity index (χ1v) is 7.40. The zero-order valence-corrected chi connectivity index (χ0v) is 13.0. The van der Waals surface area contributed by atoms with Crippen LogP contribution in [0.3, 0.4) is 0 Å². The molecule has 7 heteroatoms. The van der Waals surface area contributed by atoms with Gasteiger partial charge >= 0.3 is 6.18 Å². The molecule has 25 heavy (non-hydrogen) atoms. The second-order valence-corrected chi connectivity index (χ2v) is 5.47. The van der Waals surface area contributed by atoms with Crippen molar-refractivity contribution in [2.24, 2.45) is 0 Å². The van der Waals surface area contributed by atoms with Gasteiger partial charge in [-0.05, 0) is 42.0 Å². The molecule has 0 radical (unpaired) electrons. The Morgan fingerprint density at radius 3 is 2.48 bits per heavy atom. The second kappa shape index (κ2) is 6.35. The van der Waals surface area contributed by atoms with E-state index in [0.29, 0.717) is 16.9 Å². The van der Waals surface area contributed by atoms with E-state index < -0.39 is 11.7 Å². The lowest BCUT2D eigenvalue weighted by atomic mass is 10.1. The number of H-pyrrole nitrogens is 1. The maximum atomic E-state index is 12.6. The van der Waals surface area contributed by atoms with Crippen molar-refractivity contribution in [3.05, 3.63) is 66.0 Å². The van der Waals surface area contributed by atoms with E-state index in [-0.39, 0.29) is 0 Å². The molecule has 0 atom stereocenters. The monoisotopic (exact) mass is 344 g/mol. The SMILES string of the molecule is N=C/C(=C\Nc1ccc(C(F)(F)F)cc1)c1ccc2[nH]cc(N)c2c1. The summed E-state index contributed by atoms with van der Waals surface area (Å²) in [5.41, 5.74) is 8.52. The number of aromatic amines is 1. The van der Waals surface area contributed by atoms with Gasteiger partial charge in [0.25, 0.3) is 0 Å². The average molecular weight is 344 g/mol. The Morgan fingerprint density at radius 2 is 1.84 bits per heavy atom. The number of nitrogens with two attached hydrogens (primary N) is 1. The van der Waals surface area contributed by atoms with Crippen LogP contribution in [0.5, 0.6) is 0 Å². The highest BCUT2D eigenvalue weighted by molar-refractivity contribution is 6.10. The highest BCUT2D eigenvalue weighted by atomic mass is 19.4. The minimum Gasteiger partial charge on any atom is -0.397 e. The molecule has 5 N–H and O–H groups in total. The molecule has 0 saturated heterocycles. The normalized spacial score (nSPS) is 12.4. The van der Waals surface area contributed by atoms with Gasteiger partial charge in [0.15, 0.2) is 0 Å². The van der Waals surface area contributed by atoms with Crippen LogP contribution in [0.1, 0.15) is 11.1 Å². The molecule has 1 heterocycles. The fraction of sp³-hybridized carbons (Fsp3) is 0.0556. The summed E-state index contributed by atoms with van der Waals surface area (Å²) in [5.74, 6) is 0. The van der Waals surface area contributed by atoms with Crippen LogP contribution in [0, 0.1) is 5.41 Å². The predicted molar refractivity (Wildman–Crippen MR) is 94.5 cm³/mol. The number of fused-ring (bicyclic) bond motifs is 1. The van der Waals surface area contributed by atoms with Crippen LogP contribution in [-0.2, 0) is 6.18 Å². The lowest BCUT2D eigenvalue weighted by Gasteiger charge is -2.08. The molecule has 0 unspecified atom stereocenters. The standard InChI is InChI=1S/C18H15F3N4/c19-18(20,21)13-2-4-14(5-3-13)24-9-12(8-22)11-1-6-17-15(7-11)16(23)10-25-17/h1-10,22,24-25H,23H2/b12-9+,22-8?. The van der Waals surface area contributed by atoms with Gasteiger partial charge in [-0.2, -0.15) is 13.2 Å². The van der Waals surface area contributed by atoms with Gasteiger partial charge in [0, 0.05) is 40.8 Å². The van der Waals surface area contributed by atoms with Crippen LogP contribution in [-0.4, -0.2) is 11.2 Å². The van der Waals surface area contributed by atoms with Crippen molar-refractivity contribution >= 4 is 34.1 Å². The number of nitrogen functional groups attached to an aromatic ring is 1. The first-order valence-electron chi connectivity index (χ1n) is 7.40. The summed E-state index contributed by atoms with van der Waals surface area (Å²) < 4.78 is 37.7. The van der Waals surface area contributed by atoms with Gasteiger partial charge in [-0.1, -0.05) is 6.07 Å². The molecule has 0 saturated carbocycles. The van der Waals surface area contributed by atoms with E-state index in [1.165, 1.54) is 18.3 Å². The van der Waals surface area contributed by atoms with Crippen molar-refractivity contribution in [1.29, 1.82) is 5.41 Å². The van der Waals surface area contributed by atoms with E-state index >= 15 is 0 Å². The smallest absolute Gasteiger partial charge is 0.397 e. The minimum atomic E-state index is -4.36. The van der Waals surface area contributed by atoms with Crippen molar-refractivity contribution in [2.45, 2.75) is 6.18 Å². The lowest BCUT2D eigenvalue weighted by Crippen LogP contribution is -2.04. The Labute approximate surface area is 141 Å². The third kappa shape index (κ3) is 3.50. The Bertz CT molecular complexity index is 937. The lowest BCUT2D eigenvalue weighted by molar-refractivity contribution is -0.137. The topological polar surface area (TPSA) is 77.7 Å². The zero-order chi connectivity index (χ0) is 18.0. The van der Waals surface area contributed by atoms with Crippen molar-refractivity contribution < 1.29 is 13.2 Å². The molecule has 0 aliphatic rings. The molecular weight excluding hydrogens is 329 g/mol. The molecule has 0 aliphatic heterocycles. The maximum absolute atomic E-state index is 12.6. The first-order chi connectivity index (χ1) is 11.9. The summed E-state index contributed by atoms with van der Waals surface area (Å²) in [5, 5.41) is 11.3. The number of hydrogen-bond donors (Lipinski definition) is 4. The summed E-state index contributed by atoms with van der Waals surface area (Å²) in [7, 11) is 0. The molecule has 2 aromatic carbocycles. The summed E-state index contributed by atoms with van der Waals surface area (Å²) in [6, 6.07) is 10.2. The quantitative estimate of drug-likeness (QED) is 0.510. The van der Waals surface area contributed by atoms with Gasteiger partial charge in [-0.25, -0.2) is 0 Å². The molecule has 1 aromatic heterocycles. The largest absolute Gasteiger partial charge is 0.416 e. The number of rotatable bonds is 4. The summed E-state index contributed by atoms with van der Waals surface area (Å²) in [4.78, 5) is 3.04. The molecule has 3 rings (SSSR count). The number of allylic oxidation sites excluding steroid dienone is 1. The highest BCUT2D eigenvalue weighted by Gasteiger charge is 2.29. The minimum absolute atomic E-state index is 0.495. The number of nitrogens with one attached hydrogen (secondary N) is 3. The van der Waals surface area contributed by atoms with Crippen molar-refractivity contribution in [2.75, 3.05) is 11.1 Å². The average Bonchev–Trinajstić information content (AvgIpc) is 2.96. The van der Waals surface area contributed by atoms with Crippen LogP contribution in [0.4, 0.5) is 24.5 Å². The summed E-state index contributed by atoms with van der Waals surface area (Å²) >= 11 is 0. The van der Waals surface area contributed by atoms with Gasteiger partial charge < -0.3 is 21.4 Å². The van der Waals surface area contributed by atoms with Gasteiger partial charge in [-0.15, -0.1) is 0 Å². The van der Waals surface area contributed by atoms with Crippen molar-refractivity contribution in [3.8, 4) is 0 Å².